The van der Waals surface area contributed by atoms with Crippen LogP contribution in [0.5, 0.6) is 11.5 Å². The van der Waals surface area contributed by atoms with Gasteiger partial charge in [0.25, 0.3) is 5.56 Å². The summed E-state index contributed by atoms with van der Waals surface area (Å²) in [5.41, 5.74) is 5.32. The first-order chi connectivity index (χ1) is 18.2. The van der Waals surface area contributed by atoms with Gasteiger partial charge in [-0.05, 0) is 56.5 Å². The van der Waals surface area contributed by atoms with Gasteiger partial charge in [0.2, 0.25) is 5.91 Å². The van der Waals surface area contributed by atoms with Crippen LogP contribution in [0.2, 0.25) is 0 Å². The minimum atomic E-state index is 0.00696. The molecule has 9 heteroatoms. The molecule has 2 bridgehead atoms. The number of rotatable bonds is 7. The molecular weight excluding hydrogens is 500 g/mol. The number of pyridine rings is 1. The molecule has 0 spiro atoms. The number of methoxy groups -OCH3 is 2. The van der Waals surface area contributed by atoms with E-state index in [0.29, 0.717) is 31.7 Å². The van der Waals surface area contributed by atoms with Gasteiger partial charge in [-0.3, -0.25) is 14.5 Å². The van der Waals surface area contributed by atoms with Crippen LogP contribution in [0.25, 0.3) is 17.2 Å². The number of aryl methyl sites for hydroxylation is 1. The molecular formula is C29H34N4O4S. The Hall–Kier alpha value is -3.43. The van der Waals surface area contributed by atoms with Crippen molar-refractivity contribution in [2.24, 2.45) is 7.05 Å². The zero-order valence-corrected chi connectivity index (χ0v) is 23.6. The zero-order valence-electron chi connectivity index (χ0n) is 22.8. The van der Waals surface area contributed by atoms with E-state index in [9.17, 15) is 9.59 Å². The fourth-order valence-corrected chi connectivity index (χ4v) is 6.29. The Balaban J connectivity index is 1.36. The van der Waals surface area contributed by atoms with Gasteiger partial charge in [0, 0.05) is 73.2 Å². The van der Waals surface area contributed by atoms with Crippen molar-refractivity contribution in [3.8, 4) is 22.6 Å². The number of carbonyl (C=O) groups is 1. The van der Waals surface area contributed by atoms with Gasteiger partial charge in [-0.2, -0.15) is 0 Å². The lowest BCUT2D eigenvalue weighted by atomic mass is 9.86. The van der Waals surface area contributed by atoms with Crippen LogP contribution in [0.15, 0.2) is 40.3 Å². The number of hydrogen-bond donors (Lipinski definition) is 0. The molecule has 2 unspecified atom stereocenters. The van der Waals surface area contributed by atoms with Crippen molar-refractivity contribution in [1.29, 1.82) is 0 Å². The largest absolute Gasteiger partial charge is 0.496 e. The maximum Gasteiger partial charge on any atom is 0.253 e. The average Bonchev–Trinajstić information content (AvgIpc) is 3.44. The summed E-state index contributed by atoms with van der Waals surface area (Å²) in [7, 11) is 5.12. The van der Waals surface area contributed by atoms with Crippen molar-refractivity contribution in [3.05, 3.63) is 67.5 Å². The number of nitrogens with zero attached hydrogens (tertiary/aromatic N) is 4. The van der Waals surface area contributed by atoms with Crippen LogP contribution in [0, 0.1) is 13.8 Å². The quantitative estimate of drug-likeness (QED) is 0.426. The Bertz CT molecular complexity index is 1420. The van der Waals surface area contributed by atoms with E-state index in [2.05, 4.69) is 9.88 Å². The SMILES string of the molecule is COc1cc(-c2cn(C)c(=O)c(C)c2C)cc(OC)c1CN1C2CC1CN(C(=O)/C(C)=C/c1nccs1)C2. The maximum atomic E-state index is 13.1. The predicted octanol–water partition coefficient (Wildman–Crippen LogP) is 4.03. The van der Waals surface area contributed by atoms with Crippen molar-refractivity contribution >= 4 is 23.3 Å². The monoisotopic (exact) mass is 534 g/mol. The van der Waals surface area contributed by atoms with Crippen molar-refractivity contribution in [1.82, 2.24) is 19.4 Å². The molecule has 5 heterocycles. The predicted molar refractivity (Wildman–Crippen MR) is 150 cm³/mol. The van der Waals surface area contributed by atoms with Crippen LogP contribution < -0.4 is 15.0 Å². The molecule has 3 aromatic rings. The van der Waals surface area contributed by atoms with E-state index in [1.807, 2.05) is 55.5 Å². The summed E-state index contributed by atoms with van der Waals surface area (Å²) in [4.78, 5) is 34.1. The number of piperazine rings is 1. The van der Waals surface area contributed by atoms with Crippen LogP contribution in [-0.2, 0) is 18.4 Å². The fourth-order valence-electron chi connectivity index (χ4n) is 5.66. The molecule has 1 aromatic carbocycles. The van der Waals surface area contributed by atoms with Gasteiger partial charge in [-0.15, -0.1) is 11.3 Å². The van der Waals surface area contributed by atoms with Gasteiger partial charge in [0.1, 0.15) is 16.5 Å². The highest BCUT2D eigenvalue weighted by Gasteiger charge is 2.46. The Morgan fingerprint density at radius 2 is 1.79 bits per heavy atom. The summed E-state index contributed by atoms with van der Waals surface area (Å²) >= 11 is 1.53. The molecule has 3 saturated heterocycles. The van der Waals surface area contributed by atoms with Gasteiger partial charge >= 0.3 is 0 Å². The third kappa shape index (κ3) is 4.65. The molecule has 38 heavy (non-hydrogen) atoms. The highest BCUT2D eigenvalue weighted by Crippen LogP contribution is 2.41. The molecule has 0 saturated carbocycles. The number of aromatic nitrogens is 2. The second kappa shape index (κ2) is 10.4. The van der Waals surface area contributed by atoms with Crippen LogP contribution in [0.4, 0.5) is 0 Å². The first-order valence-corrected chi connectivity index (χ1v) is 13.6. The van der Waals surface area contributed by atoms with E-state index in [-0.39, 0.29) is 11.5 Å². The van der Waals surface area contributed by atoms with Crippen LogP contribution in [0.3, 0.4) is 0 Å². The highest BCUT2D eigenvalue weighted by atomic mass is 32.1. The molecule has 0 aliphatic carbocycles. The van der Waals surface area contributed by atoms with Crippen LogP contribution >= 0.6 is 11.3 Å². The normalized spacial score (nSPS) is 19.3. The Labute approximate surface area is 227 Å². The number of thiazole rings is 1. The molecule has 200 valence electrons. The molecule has 3 fully saturated rings. The first-order valence-electron chi connectivity index (χ1n) is 12.8. The summed E-state index contributed by atoms with van der Waals surface area (Å²) in [6, 6.07) is 4.66. The maximum absolute atomic E-state index is 13.1. The van der Waals surface area contributed by atoms with Crippen LogP contribution in [0.1, 0.15) is 35.0 Å². The number of piperidine rings is 1. The topological polar surface area (TPSA) is 76.9 Å². The van der Waals surface area contributed by atoms with Gasteiger partial charge in [0.15, 0.2) is 0 Å². The molecule has 3 aliphatic heterocycles. The van der Waals surface area contributed by atoms with Gasteiger partial charge in [0.05, 0.1) is 19.8 Å². The average molecular weight is 535 g/mol. The minimum absolute atomic E-state index is 0.00696. The molecule has 6 rings (SSSR count). The Morgan fingerprint density at radius 1 is 1.13 bits per heavy atom. The zero-order chi connectivity index (χ0) is 27.1. The minimum Gasteiger partial charge on any atom is -0.496 e. The first kappa shape index (κ1) is 26.2. The highest BCUT2D eigenvalue weighted by molar-refractivity contribution is 7.10. The Morgan fingerprint density at radius 3 is 2.37 bits per heavy atom. The Kier molecular flexibility index (Phi) is 7.15. The lowest BCUT2D eigenvalue weighted by Gasteiger charge is -2.56. The number of carbonyl (C=O) groups excluding carboxylic acids is 1. The van der Waals surface area contributed by atoms with Crippen molar-refractivity contribution in [3.63, 3.8) is 0 Å². The summed E-state index contributed by atoms with van der Waals surface area (Å²) in [5.74, 6) is 1.59. The van der Waals surface area contributed by atoms with Gasteiger partial charge in [-0.1, -0.05) is 0 Å². The second-order valence-electron chi connectivity index (χ2n) is 10.2. The third-order valence-corrected chi connectivity index (χ3v) is 8.67. The molecule has 3 aliphatic rings. The molecule has 2 atom stereocenters. The van der Waals surface area contributed by atoms with Gasteiger partial charge in [-0.25, -0.2) is 4.98 Å². The number of hydrogen-bond acceptors (Lipinski definition) is 7. The smallest absolute Gasteiger partial charge is 0.253 e. The summed E-state index contributed by atoms with van der Waals surface area (Å²) in [6.45, 7) is 7.80. The molecule has 2 aromatic heterocycles. The third-order valence-electron chi connectivity index (χ3n) is 7.95. The van der Waals surface area contributed by atoms with E-state index < -0.39 is 0 Å². The standard InChI is InChI=1S/C29H34N4O4S/c1-17(9-27-30-7-8-38-27)28(34)32-13-21-12-22(14-32)33(21)16-24-25(36-5)10-20(11-26(24)37-6)23-15-31(4)29(35)19(3)18(23)2/h7-11,15,21-22H,12-14,16H2,1-6H3/b17-9+. The van der Waals surface area contributed by atoms with E-state index in [0.717, 1.165) is 56.3 Å². The number of fused-ring (bicyclic) bond motifs is 2. The molecule has 1 amide bonds. The fraction of sp³-hybridized carbons (Fsp3) is 0.414. The summed E-state index contributed by atoms with van der Waals surface area (Å²) in [6.07, 6.45) is 6.57. The molecule has 8 nitrogen and oxygen atoms in total. The van der Waals surface area contributed by atoms with Crippen molar-refractivity contribution < 1.29 is 14.3 Å². The lowest BCUT2D eigenvalue weighted by Crippen LogP contribution is -2.68. The number of ether oxygens (including phenoxy) is 2. The summed E-state index contributed by atoms with van der Waals surface area (Å²) < 4.78 is 13.3. The van der Waals surface area contributed by atoms with Crippen molar-refractivity contribution in [2.75, 3.05) is 27.3 Å². The summed E-state index contributed by atoms with van der Waals surface area (Å²) in [5, 5.41) is 2.77. The van der Waals surface area contributed by atoms with Crippen molar-refractivity contribution in [2.45, 2.75) is 45.8 Å². The number of amides is 1. The lowest BCUT2D eigenvalue weighted by molar-refractivity contribution is -0.140. The second-order valence-corrected chi connectivity index (χ2v) is 11.1. The van der Waals surface area contributed by atoms with E-state index >= 15 is 0 Å². The van der Waals surface area contributed by atoms with E-state index in [1.54, 1.807) is 32.0 Å². The van der Waals surface area contributed by atoms with Crippen LogP contribution in [-0.4, -0.2) is 64.7 Å². The molecule has 0 radical (unpaired) electrons. The number of benzene rings is 1. The molecule has 0 N–H and O–H groups in total. The van der Waals surface area contributed by atoms with E-state index in [4.69, 9.17) is 9.47 Å². The van der Waals surface area contributed by atoms with E-state index in [1.165, 1.54) is 11.3 Å². The van der Waals surface area contributed by atoms with Gasteiger partial charge < -0.3 is 18.9 Å².